The fourth-order valence-corrected chi connectivity index (χ4v) is 3.57. The second-order valence-electron chi connectivity index (χ2n) is 6.22. The number of hydrogen-bond donors (Lipinski definition) is 1. The molecular weight excluding hydrogens is 329 g/mol. The van der Waals surface area contributed by atoms with Crippen molar-refractivity contribution in [3.8, 4) is 0 Å². The van der Waals surface area contributed by atoms with Crippen LogP contribution in [0.5, 0.6) is 0 Å². The van der Waals surface area contributed by atoms with Crippen LogP contribution in [0.25, 0.3) is 0 Å². The van der Waals surface area contributed by atoms with Gasteiger partial charge in [-0.15, -0.1) is 0 Å². The minimum atomic E-state index is -0.358. The first-order valence-electron chi connectivity index (χ1n) is 8.03. The lowest BCUT2D eigenvalue weighted by Crippen LogP contribution is -2.35. The molecule has 122 valence electrons. The molecule has 0 aliphatic carbocycles. The fraction of sp³-hybridized carbons (Fsp3) is 0.368. The Bertz CT molecular complexity index is 639. The highest BCUT2D eigenvalue weighted by Crippen LogP contribution is 2.31. The van der Waals surface area contributed by atoms with Gasteiger partial charge >= 0.3 is 0 Å². The molecule has 0 aromatic heterocycles. The quantitative estimate of drug-likeness (QED) is 0.844. The molecule has 0 radical (unpaired) electrons. The van der Waals surface area contributed by atoms with Crippen LogP contribution < -0.4 is 0 Å². The Morgan fingerprint density at radius 1 is 1.00 bits per heavy atom. The van der Waals surface area contributed by atoms with Crippen molar-refractivity contribution in [2.24, 2.45) is 5.92 Å². The molecule has 1 atom stereocenters. The van der Waals surface area contributed by atoms with E-state index in [1.54, 1.807) is 0 Å². The number of likely N-dealkylation sites (tertiary alicyclic amines) is 1. The third kappa shape index (κ3) is 4.27. The van der Waals surface area contributed by atoms with Crippen LogP contribution in [0.15, 0.2) is 48.5 Å². The van der Waals surface area contributed by atoms with Crippen molar-refractivity contribution in [2.45, 2.75) is 25.5 Å². The number of rotatable bonds is 4. The summed E-state index contributed by atoms with van der Waals surface area (Å²) < 4.78 is 0. The Labute approximate surface area is 147 Å². The maximum absolute atomic E-state index is 10.5. The molecule has 2 aromatic carbocycles. The van der Waals surface area contributed by atoms with Crippen LogP contribution in [0.4, 0.5) is 0 Å². The number of benzene rings is 2. The van der Waals surface area contributed by atoms with Crippen LogP contribution in [-0.2, 0) is 6.54 Å². The summed E-state index contributed by atoms with van der Waals surface area (Å²) in [6, 6.07) is 15.8. The zero-order valence-electron chi connectivity index (χ0n) is 13.0. The maximum Gasteiger partial charge on any atom is 0.0819 e. The van der Waals surface area contributed by atoms with Gasteiger partial charge in [0.05, 0.1) is 16.1 Å². The first-order chi connectivity index (χ1) is 11.1. The monoisotopic (exact) mass is 349 g/mol. The molecule has 1 aliphatic heterocycles. The molecule has 4 heteroatoms. The largest absolute Gasteiger partial charge is 0.388 e. The van der Waals surface area contributed by atoms with E-state index in [-0.39, 0.29) is 6.10 Å². The van der Waals surface area contributed by atoms with Crippen LogP contribution in [0.3, 0.4) is 0 Å². The Morgan fingerprint density at radius 3 is 2.35 bits per heavy atom. The molecule has 0 spiro atoms. The van der Waals surface area contributed by atoms with Gasteiger partial charge in [-0.1, -0.05) is 59.6 Å². The lowest BCUT2D eigenvalue weighted by Gasteiger charge is -2.34. The normalized spacial score (nSPS) is 18.0. The second kappa shape index (κ2) is 7.67. The molecule has 2 aromatic rings. The highest BCUT2D eigenvalue weighted by molar-refractivity contribution is 6.42. The molecule has 1 aliphatic rings. The zero-order chi connectivity index (χ0) is 16.2. The summed E-state index contributed by atoms with van der Waals surface area (Å²) in [7, 11) is 0. The molecule has 0 saturated carbocycles. The molecule has 2 nitrogen and oxygen atoms in total. The van der Waals surface area contributed by atoms with Crippen molar-refractivity contribution in [3.63, 3.8) is 0 Å². The summed E-state index contributed by atoms with van der Waals surface area (Å²) in [5.41, 5.74) is 2.21. The van der Waals surface area contributed by atoms with Crippen LogP contribution >= 0.6 is 23.2 Å². The van der Waals surface area contributed by atoms with E-state index in [2.05, 4.69) is 4.90 Å². The van der Waals surface area contributed by atoms with Gasteiger partial charge in [0.25, 0.3) is 0 Å². The van der Waals surface area contributed by atoms with Crippen molar-refractivity contribution >= 4 is 23.2 Å². The summed E-state index contributed by atoms with van der Waals surface area (Å²) in [5.74, 6) is 0.336. The summed E-state index contributed by atoms with van der Waals surface area (Å²) >= 11 is 12.0. The van der Waals surface area contributed by atoms with Gasteiger partial charge in [0, 0.05) is 6.54 Å². The van der Waals surface area contributed by atoms with Crippen molar-refractivity contribution in [2.75, 3.05) is 13.1 Å². The van der Waals surface area contributed by atoms with E-state index in [0.29, 0.717) is 16.0 Å². The molecule has 1 unspecified atom stereocenters. The number of hydrogen-bond acceptors (Lipinski definition) is 2. The van der Waals surface area contributed by atoms with Crippen LogP contribution in [-0.4, -0.2) is 23.1 Å². The third-order valence-corrected chi connectivity index (χ3v) is 5.35. The average molecular weight is 350 g/mol. The Hall–Kier alpha value is -1.06. The predicted molar refractivity (Wildman–Crippen MR) is 95.9 cm³/mol. The van der Waals surface area contributed by atoms with E-state index in [1.807, 2.05) is 48.5 Å². The molecule has 1 N–H and O–H groups in total. The van der Waals surface area contributed by atoms with Crippen molar-refractivity contribution < 1.29 is 5.11 Å². The predicted octanol–water partition coefficient (Wildman–Crippen LogP) is 4.94. The summed E-state index contributed by atoms with van der Waals surface area (Å²) in [4.78, 5) is 2.41. The lowest BCUT2D eigenvalue weighted by atomic mass is 9.87. The molecule has 3 rings (SSSR count). The van der Waals surface area contributed by atoms with Gasteiger partial charge in [-0.2, -0.15) is 0 Å². The Balaban J connectivity index is 1.55. The summed E-state index contributed by atoms with van der Waals surface area (Å²) in [6.45, 7) is 2.87. The van der Waals surface area contributed by atoms with Crippen LogP contribution in [0.1, 0.15) is 30.1 Å². The number of piperidine rings is 1. The van der Waals surface area contributed by atoms with Crippen molar-refractivity contribution in [1.29, 1.82) is 0 Å². The minimum absolute atomic E-state index is 0.336. The molecule has 23 heavy (non-hydrogen) atoms. The third-order valence-electron chi connectivity index (χ3n) is 4.61. The fourth-order valence-electron chi connectivity index (χ4n) is 3.25. The SMILES string of the molecule is OC(c1ccccc1)C1CCN(Cc2ccc(Cl)c(Cl)c2)CC1. The maximum atomic E-state index is 10.5. The highest BCUT2D eigenvalue weighted by atomic mass is 35.5. The molecule has 1 heterocycles. The topological polar surface area (TPSA) is 23.5 Å². The van der Waals surface area contributed by atoms with E-state index in [1.165, 1.54) is 5.56 Å². The Morgan fingerprint density at radius 2 is 1.70 bits per heavy atom. The van der Waals surface area contributed by atoms with Gasteiger partial charge in [0.1, 0.15) is 0 Å². The molecule has 0 amide bonds. The molecule has 0 bridgehead atoms. The van der Waals surface area contributed by atoms with E-state index in [9.17, 15) is 5.11 Å². The first-order valence-corrected chi connectivity index (χ1v) is 8.78. The van der Waals surface area contributed by atoms with Gasteiger partial charge in [-0.05, 0) is 55.1 Å². The molecule has 1 fully saturated rings. The summed E-state index contributed by atoms with van der Waals surface area (Å²) in [6.07, 6.45) is 1.66. The van der Waals surface area contributed by atoms with Gasteiger partial charge in [0.2, 0.25) is 0 Å². The number of nitrogens with zero attached hydrogens (tertiary/aromatic N) is 1. The zero-order valence-corrected chi connectivity index (χ0v) is 14.5. The Kier molecular flexibility index (Phi) is 5.60. The standard InChI is InChI=1S/C19H21Cl2NO/c20-17-7-6-14(12-18(17)21)13-22-10-8-16(9-11-22)19(23)15-4-2-1-3-5-15/h1-7,12,16,19,23H,8-11,13H2. The van der Waals surface area contributed by atoms with E-state index in [4.69, 9.17) is 23.2 Å². The van der Waals surface area contributed by atoms with Crippen molar-refractivity contribution in [3.05, 3.63) is 69.7 Å². The van der Waals surface area contributed by atoms with Gasteiger partial charge < -0.3 is 5.11 Å². The van der Waals surface area contributed by atoms with Crippen LogP contribution in [0, 0.1) is 5.92 Å². The van der Waals surface area contributed by atoms with E-state index < -0.39 is 0 Å². The van der Waals surface area contributed by atoms with Crippen molar-refractivity contribution in [1.82, 2.24) is 4.90 Å². The molecule has 1 saturated heterocycles. The molecular formula is C19H21Cl2NO. The minimum Gasteiger partial charge on any atom is -0.388 e. The smallest absolute Gasteiger partial charge is 0.0819 e. The number of aliphatic hydroxyl groups excluding tert-OH is 1. The lowest BCUT2D eigenvalue weighted by molar-refractivity contribution is 0.0568. The van der Waals surface area contributed by atoms with Gasteiger partial charge in [0.15, 0.2) is 0 Å². The van der Waals surface area contributed by atoms with Crippen LogP contribution in [0.2, 0.25) is 10.0 Å². The number of aliphatic hydroxyl groups is 1. The van der Waals surface area contributed by atoms with E-state index >= 15 is 0 Å². The van der Waals surface area contributed by atoms with Gasteiger partial charge in [-0.25, -0.2) is 0 Å². The second-order valence-corrected chi connectivity index (χ2v) is 7.03. The average Bonchev–Trinajstić information content (AvgIpc) is 2.59. The first kappa shape index (κ1) is 16.8. The summed E-state index contributed by atoms with van der Waals surface area (Å²) in [5, 5.41) is 11.7. The van der Waals surface area contributed by atoms with Gasteiger partial charge in [-0.3, -0.25) is 4.90 Å². The number of halogens is 2. The van der Waals surface area contributed by atoms with E-state index in [0.717, 1.165) is 38.0 Å². The highest BCUT2D eigenvalue weighted by Gasteiger charge is 2.26.